The molecule has 0 bridgehead atoms. The second kappa shape index (κ2) is 12.4. The van der Waals surface area contributed by atoms with Crippen LogP contribution in [0.1, 0.15) is 50.3 Å². The quantitative estimate of drug-likeness (QED) is 0.470. The molecule has 6 nitrogen and oxygen atoms in total. The third kappa shape index (κ3) is 6.95. The Morgan fingerprint density at radius 3 is 2.44 bits per heavy atom. The predicted octanol–water partition coefficient (Wildman–Crippen LogP) is 4.00. The monoisotopic (exact) mass is 439 g/mol. The SMILES string of the molecule is CCOCCCN(CC(=O)N(Cc1ccccc1)Cc1cccn1C)C(=O)C1CCCC1. The minimum absolute atomic E-state index is 0.0159. The zero-order valence-corrected chi connectivity index (χ0v) is 19.5. The van der Waals surface area contributed by atoms with Crippen molar-refractivity contribution in [2.45, 2.75) is 52.1 Å². The number of nitrogens with zero attached hydrogens (tertiary/aromatic N) is 3. The van der Waals surface area contributed by atoms with Crippen molar-refractivity contribution in [3.63, 3.8) is 0 Å². The van der Waals surface area contributed by atoms with Gasteiger partial charge in [-0.25, -0.2) is 0 Å². The summed E-state index contributed by atoms with van der Waals surface area (Å²) in [6.45, 7) is 4.96. The maximum atomic E-state index is 13.5. The van der Waals surface area contributed by atoms with Crippen molar-refractivity contribution < 1.29 is 14.3 Å². The van der Waals surface area contributed by atoms with Gasteiger partial charge in [0.15, 0.2) is 0 Å². The van der Waals surface area contributed by atoms with Gasteiger partial charge in [0, 0.05) is 51.2 Å². The van der Waals surface area contributed by atoms with Crippen molar-refractivity contribution in [2.24, 2.45) is 13.0 Å². The highest BCUT2D eigenvalue weighted by molar-refractivity contribution is 5.86. The van der Waals surface area contributed by atoms with Gasteiger partial charge in [0.25, 0.3) is 0 Å². The molecule has 0 radical (unpaired) electrons. The van der Waals surface area contributed by atoms with Crippen LogP contribution in [0.5, 0.6) is 0 Å². The van der Waals surface area contributed by atoms with Crippen LogP contribution in [0, 0.1) is 5.92 Å². The Bertz CT molecular complexity index is 843. The molecule has 174 valence electrons. The highest BCUT2D eigenvalue weighted by Gasteiger charge is 2.29. The summed E-state index contributed by atoms with van der Waals surface area (Å²) in [5.74, 6) is 0.175. The zero-order valence-electron chi connectivity index (χ0n) is 19.5. The highest BCUT2D eigenvalue weighted by atomic mass is 16.5. The molecule has 1 aliphatic carbocycles. The normalized spacial score (nSPS) is 13.9. The number of hydrogen-bond donors (Lipinski definition) is 0. The lowest BCUT2D eigenvalue weighted by molar-refractivity contribution is -0.143. The van der Waals surface area contributed by atoms with E-state index < -0.39 is 0 Å². The minimum Gasteiger partial charge on any atom is -0.382 e. The fourth-order valence-electron chi connectivity index (χ4n) is 4.36. The van der Waals surface area contributed by atoms with Crippen molar-refractivity contribution in [1.82, 2.24) is 14.4 Å². The fraction of sp³-hybridized carbons (Fsp3) is 0.538. The number of aryl methyl sites for hydroxylation is 1. The van der Waals surface area contributed by atoms with E-state index in [0.717, 1.165) is 43.4 Å². The third-order valence-electron chi connectivity index (χ3n) is 6.24. The van der Waals surface area contributed by atoms with Gasteiger partial charge in [-0.1, -0.05) is 43.2 Å². The van der Waals surface area contributed by atoms with Crippen molar-refractivity contribution in [3.8, 4) is 0 Å². The van der Waals surface area contributed by atoms with E-state index >= 15 is 0 Å². The standard InChI is InChI=1S/C26H37N3O3/c1-3-32-18-10-17-28(26(31)23-13-7-8-14-23)21-25(30)29(19-22-11-5-4-6-12-22)20-24-15-9-16-27(24)2/h4-6,9,11-12,15-16,23H,3,7-8,10,13-14,17-21H2,1-2H3. The molecule has 2 aromatic rings. The Morgan fingerprint density at radius 1 is 1.03 bits per heavy atom. The van der Waals surface area contributed by atoms with Gasteiger partial charge < -0.3 is 19.1 Å². The van der Waals surface area contributed by atoms with Crippen LogP contribution in [-0.2, 0) is 34.5 Å². The summed E-state index contributed by atoms with van der Waals surface area (Å²) >= 11 is 0. The summed E-state index contributed by atoms with van der Waals surface area (Å²) in [4.78, 5) is 30.3. The van der Waals surface area contributed by atoms with E-state index in [9.17, 15) is 9.59 Å². The molecular weight excluding hydrogens is 402 g/mol. The topological polar surface area (TPSA) is 54.8 Å². The lowest BCUT2D eigenvalue weighted by atomic mass is 10.1. The molecule has 0 spiro atoms. The Kier molecular flexibility index (Phi) is 9.35. The van der Waals surface area contributed by atoms with Gasteiger partial charge in [-0.3, -0.25) is 9.59 Å². The van der Waals surface area contributed by atoms with E-state index in [4.69, 9.17) is 4.74 Å². The Morgan fingerprint density at radius 2 is 1.78 bits per heavy atom. The Labute approximate surface area is 192 Å². The van der Waals surface area contributed by atoms with Crippen molar-refractivity contribution in [2.75, 3.05) is 26.3 Å². The number of carbonyl (C=O) groups is 2. The molecule has 32 heavy (non-hydrogen) atoms. The first kappa shape index (κ1) is 24.1. The van der Waals surface area contributed by atoms with E-state index in [-0.39, 0.29) is 24.3 Å². The zero-order chi connectivity index (χ0) is 22.8. The van der Waals surface area contributed by atoms with Crippen molar-refractivity contribution in [3.05, 3.63) is 59.9 Å². The molecule has 1 aromatic heterocycles. The number of carbonyl (C=O) groups excluding carboxylic acids is 2. The van der Waals surface area contributed by atoms with Crippen LogP contribution in [0.25, 0.3) is 0 Å². The van der Waals surface area contributed by atoms with Gasteiger partial charge in [0.05, 0.1) is 13.1 Å². The fourth-order valence-corrected chi connectivity index (χ4v) is 4.36. The molecule has 0 unspecified atom stereocenters. The second-order valence-corrected chi connectivity index (χ2v) is 8.64. The van der Waals surface area contributed by atoms with Crippen LogP contribution in [0.15, 0.2) is 48.7 Å². The first-order chi connectivity index (χ1) is 15.6. The molecule has 0 aliphatic heterocycles. The number of amides is 2. The first-order valence-corrected chi connectivity index (χ1v) is 11.9. The van der Waals surface area contributed by atoms with Crippen LogP contribution in [-0.4, -0.2) is 52.5 Å². The van der Waals surface area contributed by atoms with Gasteiger partial charge in [0.2, 0.25) is 11.8 Å². The molecule has 3 rings (SSSR count). The average Bonchev–Trinajstić information content (AvgIpc) is 3.48. The molecular formula is C26H37N3O3. The van der Waals surface area contributed by atoms with Gasteiger partial charge in [-0.15, -0.1) is 0 Å². The van der Waals surface area contributed by atoms with Crippen LogP contribution in [0.3, 0.4) is 0 Å². The smallest absolute Gasteiger partial charge is 0.242 e. The molecule has 2 amide bonds. The Balaban J connectivity index is 1.72. The van der Waals surface area contributed by atoms with Crippen LogP contribution in [0.4, 0.5) is 0 Å². The maximum Gasteiger partial charge on any atom is 0.242 e. The van der Waals surface area contributed by atoms with Crippen LogP contribution >= 0.6 is 0 Å². The Hall–Kier alpha value is -2.60. The number of ether oxygens (including phenoxy) is 1. The second-order valence-electron chi connectivity index (χ2n) is 8.64. The summed E-state index contributed by atoms with van der Waals surface area (Å²) in [7, 11) is 1.99. The number of benzene rings is 1. The molecule has 1 aliphatic rings. The molecule has 1 saturated carbocycles. The molecule has 1 heterocycles. The summed E-state index contributed by atoms with van der Waals surface area (Å²) in [5.41, 5.74) is 2.15. The number of rotatable bonds is 12. The molecule has 0 atom stereocenters. The minimum atomic E-state index is -0.0159. The van der Waals surface area contributed by atoms with Gasteiger partial charge in [-0.2, -0.15) is 0 Å². The number of aromatic nitrogens is 1. The summed E-state index contributed by atoms with van der Waals surface area (Å²) in [6.07, 6.45) is 6.81. The molecule has 1 fully saturated rings. The third-order valence-corrected chi connectivity index (χ3v) is 6.24. The first-order valence-electron chi connectivity index (χ1n) is 11.9. The predicted molar refractivity (Wildman–Crippen MR) is 126 cm³/mol. The summed E-state index contributed by atoms with van der Waals surface area (Å²) in [6, 6.07) is 14.1. The highest BCUT2D eigenvalue weighted by Crippen LogP contribution is 2.26. The van der Waals surface area contributed by atoms with Gasteiger partial charge >= 0.3 is 0 Å². The lowest BCUT2D eigenvalue weighted by Gasteiger charge is -2.29. The van der Waals surface area contributed by atoms with E-state index in [1.54, 1.807) is 4.90 Å². The van der Waals surface area contributed by atoms with E-state index in [0.29, 0.717) is 32.8 Å². The average molecular weight is 440 g/mol. The van der Waals surface area contributed by atoms with Crippen LogP contribution in [0.2, 0.25) is 0 Å². The number of hydrogen-bond acceptors (Lipinski definition) is 3. The summed E-state index contributed by atoms with van der Waals surface area (Å²) in [5, 5.41) is 0. The molecule has 0 saturated heterocycles. The van der Waals surface area contributed by atoms with E-state index in [1.807, 2.05) is 72.1 Å². The molecule has 6 heteroatoms. The van der Waals surface area contributed by atoms with E-state index in [2.05, 4.69) is 0 Å². The van der Waals surface area contributed by atoms with Crippen molar-refractivity contribution >= 4 is 11.8 Å². The largest absolute Gasteiger partial charge is 0.382 e. The lowest BCUT2D eigenvalue weighted by Crippen LogP contribution is -2.45. The van der Waals surface area contributed by atoms with Gasteiger partial charge in [-0.05, 0) is 43.9 Å². The molecule has 0 N–H and O–H groups in total. The summed E-state index contributed by atoms with van der Waals surface area (Å²) < 4.78 is 7.50. The van der Waals surface area contributed by atoms with Crippen molar-refractivity contribution in [1.29, 1.82) is 0 Å². The van der Waals surface area contributed by atoms with Gasteiger partial charge in [0.1, 0.15) is 0 Å². The maximum absolute atomic E-state index is 13.5. The molecule has 1 aromatic carbocycles. The van der Waals surface area contributed by atoms with E-state index in [1.165, 1.54) is 0 Å². The van der Waals surface area contributed by atoms with Crippen LogP contribution < -0.4 is 0 Å².